The minimum absolute atomic E-state index is 0.246. The molecule has 0 bridgehead atoms. The van der Waals surface area contributed by atoms with Crippen LogP contribution in [-0.2, 0) is 6.42 Å². The molecule has 4 nitrogen and oxygen atoms in total. The summed E-state index contributed by atoms with van der Waals surface area (Å²) >= 11 is 0. The van der Waals surface area contributed by atoms with Crippen LogP contribution in [0.5, 0.6) is 0 Å². The number of para-hydroxylation sites is 1. The van der Waals surface area contributed by atoms with E-state index in [0.717, 1.165) is 17.7 Å². The highest BCUT2D eigenvalue weighted by molar-refractivity contribution is 5.88. The molecule has 4 heteroatoms. The summed E-state index contributed by atoms with van der Waals surface area (Å²) in [5.74, 6) is -0.942. The molecule has 0 saturated carbocycles. The number of benzene rings is 1. The van der Waals surface area contributed by atoms with Crippen LogP contribution < -0.4 is 0 Å². The molecule has 2 rings (SSSR count). The molecule has 1 aromatic heterocycles. The van der Waals surface area contributed by atoms with Gasteiger partial charge in [-0.15, -0.1) is 0 Å². The Hall–Kier alpha value is -2.10. The molecule has 0 unspecified atom stereocenters. The highest BCUT2D eigenvalue weighted by Crippen LogP contribution is 2.18. The Morgan fingerprint density at radius 1 is 1.41 bits per heavy atom. The molecule has 0 aliphatic rings. The van der Waals surface area contributed by atoms with Gasteiger partial charge in [-0.05, 0) is 25.0 Å². The van der Waals surface area contributed by atoms with E-state index >= 15 is 0 Å². The van der Waals surface area contributed by atoms with E-state index in [2.05, 4.69) is 12.0 Å². The van der Waals surface area contributed by atoms with Crippen molar-refractivity contribution in [2.24, 2.45) is 0 Å². The maximum absolute atomic E-state index is 11.0. The molecule has 0 atom stereocenters. The van der Waals surface area contributed by atoms with Gasteiger partial charge in [-0.3, -0.25) is 0 Å². The number of carboxylic acids is 1. The first kappa shape index (κ1) is 11.4. The molecule has 0 spiro atoms. The van der Waals surface area contributed by atoms with Crippen LogP contribution in [0.15, 0.2) is 30.5 Å². The van der Waals surface area contributed by atoms with Gasteiger partial charge < -0.3 is 5.11 Å². The smallest absolute Gasteiger partial charge is 0.339 e. The fraction of sp³-hybridized carbons (Fsp3) is 0.231. The monoisotopic (exact) mass is 230 g/mol. The van der Waals surface area contributed by atoms with Crippen LogP contribution in [0, 0.1) is 6.92 Å². The van der Waals surface area contributed by atoms with E-state index in [4.69, 9.17) is 5.11 Å². The number of hydrogen-bond donors (Lipinski definition) is 1. The average molecular weight is 230 g/mol. The lowest BCUT2D eigenvalue weighted by atomic mass is 10.1. The Morgan fingerprint density at radius 3 is 2.71 bits per heavy atom. The standard InChI is InChI=1S/C13H14N2O2/c1-3-10-6-4-5-7-12(10)15-9(2)11(8-14-15)13(16)17/h4-8H,3H2,1-2H3,(H,16,17). The predicted molar refractivity (Wildman–Crippen MR) is 64.6 cm³/mol. The maximum atomic E-state index is 11.0. The lowest BCUT2D eigenvalue weighted by molar-refractivity contribution is 0.0696. The first-order chi connectivity index (χ1) is 8.15. The van der Waals surface area contributed by atoms with Gasteiger partial charge in [0.1, 0.15) is 5.56 Å². The number of nitrogens with zero attached hydrogens (tertiary/aromatic N) is 2. The summed E-state index contributed by atoms with van der Waals surface area (Å²) in [5, 5.41) is 13.2. The van der Waals surface area contributed by atoms with E-state index in [1.807, 2.05) is 24.3 Å². The number of rotatable bonds is 3. The van der Waals surface area contributed by atoms with Crippen molar-refractivity contribution in [3.8, 4) is 5.69 Å². The molecule has 1 N–H and O–H groups in total. The minimum Gasteiger partial charge on any atom is -0.478 e. The second-order valence-corrected chi connectivity index (χ2v) is 3.84. The van der Waals surface area contributed by atoms with E-state index in [-0.39, 0.29) is 5.56 Å². The van der Waals surface area contributed by atoms with Gasteiger partial charge in [0.2, 0.25) is 0 Å². The van der Waals surface area contributed by atoms with Gasteiger partial charge in [0, 0.05) is 0 Å². The third-order valence-electron chi connectivity index (χ3n) is 2.84. The number of carbonyl (C=O) groups is 1. The van der Waals surface area contributed by atoms with Gasteiger partial charge in [0.15, 0.2) is 0 Å². The summed E-state index contributed by atoms with van der Waals surface area (Å²) in [6.07, 6.45) is 2.28. The van der Waals surface area contributed by atoms with E-state index in [0.29, 0.717) is 5.69 Å². The summed E-state index contributed by atoms with van der Waals surface area (Å²) in [6.45, 7) is 3.83. The topological polar surface area (TPSA) is 55.1 Å². The largest absolute Gasteiger partial charge is 0.478 e. The summed E-state index contributed by atoms with van der Waals surface area (Å²) in [5.41, 5.74) is 2.99. The van der Waals surface area contributed by atoms with Gasteiger partial charge in [-0.1, -0.05) is 25.1 Å². The lowest BCUT2D eigenvalue weighted by Crippen LogP contribution is -2.04. The fourth-order valence-corrected chi connectivity index (χ4v) is 1.88. The van der Waals surface area contributed by atoms with E-state index in [9.17, 15) is 4.79 Å². The molecule has 0 saturated heterocycles. The second kappa shape index (κ2) is 4.41. The molecular formula is C13H14N2O2. The van der Waals surface area contributed by atoms with Crippen LogP contribution in [0.25, 0.3) is 5.69 Å². The first-order valence-electron chi connectivity index (χ1n) is 5.51. The Kier molecular flexibility index (Phi) is 2.95. The zero-order valence-corrected chi connectivity index (χ0v) is 9.84. The number of aromatic nitrogens is 2. The molecule has 1 aromatic carbocycles. The van der Waals surface area contributed by atoms with Gasteiger partial charge in [-0.2, -0.15) is 5.10 Å². The molecule has 2 aromatic rings. The molecule has 0 radical (unpaired) electrons. The third kappa shape index (κ3) is 1.93. The van der Waals surface area contributed by atoms with Crippen LogP contribution in [0.4, 0.5) is 0 Å². The molecule has 88 valence electrons. The highest BCUT2D eigenvalue weighted by atomic mass is 16.4. The van der Waals surface area contributed by atoms with Crippen molar-refractivity contribution in [2.45, 2.75) is 20.3 Å². The molecule has 1 heterocycles. The Morgan fingerprint density at radius 2 is 2.12 bits per heavy atom. The molecule has 0 aliphatic carbocycles. The SMILES string of the molecule is CCc1ccccc1-n1ncc(C(=O)O)c1C. The van der Waals surface area contributed by atoms with E-state index in [1.165, 1.54) is 6.20 Å². The van der Waals surface area contributed by atoms with Crippen LogP contribution in [0.3, 0.4) is 0 Å². The molecule has 17 heavy (non-hydrogen) atoms. The molecular weight excluding hydrogens is 216 g/mol. The van der Waals surface area contributed by atoms with Gasteiger partial charge in [0.25, 0.3) is 0 Å². The van der Waals surface area contributed by atoms with E-state index < -0.39 is 5.97 Å². The Bertz CT molecular complexity index is 558. The van der Waals surface area contributed by atoms with Crippen molar-refractivity contribution in [1.29, 1.82) is 0 Å². The normalized spacial score (nSPS) is 10.5. The second-order valence-electron chi connectivity index (χ2n) is 3.84. The summed E-state index contributed by atoms with van der Waals surface area (Å²) in [4.78, 5) is 11.0. The quantitative estimate of drug-likeness (QED) is 0.881. The van der Waals surface area contributed by atoms with Crippen molar-refractivity contribution < 1.29 is 9.90 Å². The third-order valence-corrected chi connectivity index (χ3v) is 2.84. The maximum Gasteiger partial charge on any atom is 0.339 e. The zero-order valence-electron chi connectivity index (χ0n) is 9.84. The van der Waals surface area contributed by atoms with Crippen molar-refractivity contribution in [1.82, 2.24) is 9.78 Å². The fourth-order valence-electron chi connectivity index (χ4n) is 1.88. The van der Waals surface area contributed by atoms with Crippen LogP contribution in [0.2, 0.25) is 0 Å². The van der Waals surface area contributed by atoms with Gasteiger partial charge in [0.05, 0.1) is 17.6 Å². The number of aryl methyl sites for hydroxylation is 1. The minimum atomic E-state index is -0.942. The summed E-state index contributed by atoms with van der Waals surface area (Å²) in [7, 11) is 0. The number of aromatic carboxylic acids is 1. The summed E-state index contributed by atoms with van der Waals surface area (Å²) in [6, 6.07) is 7.87. The average Bonchev–Trinajstić information content (AvgIpc) is 2.71. The van der Waals surface area contributed by atoms with Crippen LogP contribution in [0.1, 0.15) is 28.5 Å². The Labute approximate surface area is 99.5 Å². The lowest BCUT2D eigenvalue weighted by Gasteiger charge is -2.09. The van der Waals surface area contributed by atoms with Crippen molar-refractivity contribution in [3.63, 3.8) is 0 Å². The van der Waals surface area contributed by atoms with Crippen LogP contribution in [-0.4, -0.2) is 20.9 Å². The molecule has 0 amide bonds. The zero-order chi connectivity index (χ0) is 12.4. The summed E-state index contributed by atoms with van der Waals surface area (Å²) < 4.78 is 1.68. The van der Waals surface area contributed by atoms with Crippen molar-refractivity contribution in [3.05, 3.63) is 47.3 Å². The highest BCUT2D eigenvalue weighted by Gasteiger charge is 2.14. The van der Waals surface area contributed by atoms with Gasteiger partial charge >= 0.3 is 5.97 Å². The predicted octanol–water partition coefficient (Wildman–Crippen LogP) is 2.44. The van der Waals surface area contributed by atoms with Crippen molar-refractivity contribution in [2.75, 3.05) is 0 Å². The number of hydrogen-bond acceptors (Lipinski definition) is 2. The van der Waals surface area contributed by atoms with E-state index in [1.54, 1.807) is 11.6 Å². The molecule has 0 fully saturated rings. The van der Waals surface area contributed by atoms with Crippen molar-refractivity contribution >= 4 is 5.97 Å². The first-order valence-corrected chi connectivity index (χ1v) is 5.51. The Balaban J connectivity index is 2.57. The number of carboxylic acid groups (broad SMARTS) is 1. The van der Waals surface area contributed by atoms with Crippen LogP contribution >= 0.6 is 0 Å². The van der Waals surface area contributed by atoms with Gasteiger partial charge in [-0.25, -0.2) is 9.48 Å². The molecule has 0 aliphatic heterocycles.